The zero-order valence-electron chi connectivity index (χ0n) is 14.1. The van der Waals surface area contributed by atoms with E-state index in [9.17, 15) is 9.59 Å². The van der Waals surface area contributed by atoms with Gasteiger partial charge in [0.2, 0.25) is 0 Å². The lowest BCUT2D eigenvalue weighted by molar-refractivity contribution is -0.143. The maximum atomic E-state index is 11.8. The Morgan fingerprint density at radius 2 is 2.04 bits per heavy atom. The third kappa shape index (κ3) is 5.35. The Bertz CT molecular complexity index is 785. The van der Waals surface area contributed by atoms with Crippen molar-refractivity contribution in [3.05, 3.63) is 52.2 Å². The molecule has 3 rings (SSSR count). The average Bonchev–Trinajstić information content (AvgIpc) is 3.07. The van der Waals surface area contributed by atoms with Crippen LogP contribution in [0.4, 0.5) is 0 Å². The minimum Gasteiger partial charge on any atom is -0.490 e. The highest BCUT2D eigenvalue weighted by Gasteiger charge is 2.10. The molecule has 1 amide bonds. The Morgan fingerprint density at radius 3 is 2.85 bits per heavy atom. The van der Waals surface area contributed by atoms with Crippen molar-refractivity contribution in [3.8, 4) is 11.5 Å². The fourth-order valence-corrected chi connectivity index (χ4v) is 2.93. The highest BCUT2D eigenvalue weighted by atomic mass is 32.1. The summed E-state index contributed by atoms with van der Waals surface area (Å²) in [5.74, 6) is 0.440. The summed E-state index contributed by atoms with van der Waals surface area (Å²) < 4.78 is 16.1. The van der Waals surface area contributed by atoms with Crippen LogP contribution in [-0.4, -0.2) is 31.7 Å². The molecule has 2 aromatic rings. The van der Waals surface area contributed by atoms with E-state index in [0.29, 0.717) is 31.3 Å². The number of benzene rings is 1. The molecular formula is C19H19NO5S. The van der Waals surface area contributed by atoms with Crippen LogP contribution in [0.3, 0.4) is 0 Å². The Labute approximate surface area is 155 Å². The summed E-state index contributed by atoms with van der Waals surface area (Å²) in [7, 11) is 0. The number of hydrogen-bond donors (Lipinski definition) is 1. The van der Waals surface area contributed by atoms with Crippen LogP contribution in [-0.2, 0) is 20.9 Å². The summed E-state index contributed by atoms with van der Waals surface area (Å²) in [6.07, 6.45) is 3.73. The molecule has 1 aromatic heterocycles. The van der Waals surface area contributed by atoms with Crippen LogP contribution in [0.2, 0.25) is 0 Å². The maximum absolute atomic E-state index is 11.8. The first kappa shape index (κ1) is 18.0. The second kappa shape index (κ2) is 9.05. The van der Waals surface area contributed by atoms with Gasteiger partial charge in [-0.05, 0) is 35.2 Å². The molecule has 6 nitrogen and oxygen atoms in total. The van der Waals surface area contributed by atoms with Gasteiger partial charge < -0.3 is 19.5 Å². The third-order valence-electron chi connectivity index (χ3n) is 3.57. The van der Waals surface area contributed by atoms with Crippen molar-refractivity contribution in [3.63, 3.8) is 0 Å². The quantitative estimate of drug-likeness (QED) is 0.623. The van der Waals surface area contributed by atoms with Gasteiger partial charge >= 0.3 is 5.97 Å². The largest absolute Gasteiger partial charge is 0.490 e. The molecule has 0 saturated heterocycles. The zero-order chi connectivity index (χ0) is 18.2. The number of carbonyl (C=O) groups excluding carboxylic acids is 2. The van der Waals surface area contributed by atoms with Gasteiger partial charge in [0.05, 0.1) is 19.8 Å². The topological polar surface area (TPSA) is 73.9 Å². The SMILES string of the molecule is O=C(COC(=O)/C=C/c1ccc2c(c1)OCCCO2)NCc1cccs1. The molecular weight excluding hydrogens is 354 g/mol. The Morgan fingerprint density at radius 1 is 1.19 bits per heavy atom. The molecule has 26 heavy (non-hydrogen) atoms. The molecule has 1 aliphatic heterocycles. The second-order valence-electron chi connectivity index (χ2n) is 5.55. The van der Waals surface area contributed by atoms with Crippen LogP contribution in [0.25, 0.3) is 6.08 Å². The van der Waals surface area contributed by atoms with E-state index in [1.165, 1.54) is 6.08 Å². The molecule has 1 N–H and O–H groups in total. The molecule has 2 heterocycles. The summed E-state index contributed by atoms with van der Waals surface area (Å²) in [4.78, 5) is 24.5. The summed E-state index contributed by atoms with van der Waals surface area (Å²) >= 11 is 1.55. The number of rotatable bonds is 6. The van der Waals surface area contributed by atoms with Crippen LogP contribution < -0.4 is 14.8 Å². The van der Waals surface area contributed by atoms with Gasteiger partial charge in [-0.3, -0.25) is 4.79 Å². The molecule has 0 fully saturated rings. The van der Waals surface area contributed by atoms with Gasteiger partial charge in [0.1, 0.15) is 0 Å². The van der Waals surface area contributed by atoms with Crippen LogP contribution in [0, 0.1) is 0 Å². The molecule has 0 aliphatic carbocycles. The van der Waals surface area contributed by atoms with E-state index in [2.05, 4.69) is 5.32 Å². The molecule has 0 unspecified atom stereocenters. The van der Waals surface area contributed by atoms with Crippen molar-refractivity contribution in [2.75, 3.05) is 19.8 Å². The number of esters is 1. The van der Waals surface area contributed by atoms with Crippen molar-refractivity contribution >= 4 is 29.3 Å². The highest BCUT2D eigenvalue weighted by molar-refractivity contribution is 7.09. The van der Waals surface area contributed by atoms with Crippen molar-refractivity contribution < 1.29 is 23.8 Å². The summed E-state index contributed by atoms with van der Waals surface area (Å²) in [5.41, 5.74) is 0.786. The van der Waals surface area contributed by atoms with Crippen molar-refractivity contribution in [2.45, 2.75) is 13.0 Å². The predicted octanol–water partition coefficient (Wildman–Crippen LogP) is 2.78. The molecule has 1 aromatic carbocycles. The van der Waals surface area contributed by atoms with E-state index >= 15 is 0 Å². The van der Waals surface area contributed by atoms with Gasteiger partial charge in [0.25, 0.3) is 5.91 Å². The van der Waals surface area contributed by atoms with E-state index in [4.69, 9.17) is 14.2 Å². The zero-order valence-corrected chi connectivity index (χ0v) is 14.9. The van der Waals surface area contributed by atoms with Crippen molar-refractivity contribution in [2.24, 2.45) is 0 Å². The highest BCUT2D eigenvalue weighted by Crippen LogP contribution is 2.30. The first-order valence-corrected chi connectivity index (χ1v) is 9.12. The normalized spacial score (nSPS) is 13.2. The van der Waals surface area contributed by atoms with Crippen molar-refractivity contribution in [1.82, 2.24) is 5.32 Å². The molecule has 1 aliphatic rings. The number of ether oxygens (including phenoxy) is 3. The third-order valence-corrected chi connectivity index (χ3v) is 4.45. The van der Waals surface area contributed by atoms with Crippen LogP contribution in [0.1, 0.15) is 16.9 Å². The Hall–Kier alpha value is -2.80. The van der Waals surface area contributed by atoms with Crippen molar-refractivity contribution in [1.29, 1.82) is 0 Å². The summed E-state index contributed by atoms with van der Waals surface area (Å²) in [5, 5.41) is 4.63. The van der Waals surface area contributed by atoms with E-state index in [1.54, 1.807) is 23.5 Å². The minimum absolute atomic E-state index is 0.310. The van der Waals surface area contributed by atoms with E-state index in [0.717, 1.165) is 16.9 Å². The minimum atomic E-state index is -0.580. The fraction of sp³-hybridized carbons (Fsp3) is 0.263. The maximum Gasteiger partial charge on any atom is 0.331 e. The average molecular weight is 373 g/mol. The molecule has 0 bridgehead atoms. The second-order valence-corrected chi connectivity index (χ2v) is 6.59. The van der Waals surface area contributed by atoms with Crippen LogP contribution in [0.5, 0.6) is 11.5 Å². The van der Waals surface area contributed by atoms with Gasteiger partial charge in [-0.15, -0.1) is 11.3 Å². The van der Waals surface area contributed by atoms with E-state index in [1.807, 2.05) is 29.6 Å². The molecule has 7 heteroatoms. The Balaban J connectivity index is 1.45. The number of hydrogen-bond acceptors (Lipinski definition) is 6. The molecule has 0 saturated carbocycles. The van der Waals surface area contributed by atoms with Gasteiger partial charge in [0.15, 0.2) is 18.1 Å². The van der Waals surface area contributed by atoms with Gasteiger partial charge in [-0.2, -0.15) is 0 Å². The molecule has 0 radical (unpaired) electrons. The van der Waals surface area contributed by atoms with E-state index in [-0.39, 0.29) is 12.5 Å². The molecule has 0 spiro atoms. The number of nitrogens with one attached hydrogen (secondary N) is 1. The van der Waals surface area contributed by atoms with Gasteiger partial charge in [-0.1, -0.05) is 12.1 Å². The summed E-state index contributed by atoms with van der Waals surface area (Å²) in [6.45, 7) is 1.35. The number of thiophene rings is 1. The Kier molecular flexibility index (Phi) is 6.27. The summed E-state index contributed by atoms with van der Waals surface area (Å²) in [6, 6.07) is 9.28. The van der Waals surface area contributed by atoms with Crippen LogP contribution in [0.15, 0.2) is 41.8 Å². The first-order chi connectivity index (χ1) is 12.7. The first-order valence-electron chi connectivity index (χ1n) is 8.24. The lowest BCUT2D eigenvalue weighted by Gasteiger charge is -2.07. The van der Waals surface area contributed by atoms with E-state index < -0.39 is 5.97 Å². The molecule has 0 atom stereocenters. The molecule has 136 valence electrons. The standard InChI is InChI=1S/C19H19NO5S/c21-18(20-12-15-3-1-10-26-15)13-25-19(22)7-5-14-4-6-16-17(11-14)24-9-2-8-23-16/h1,3-7,10-11H,2,8-9,12-13H2,(H,20,21)/b7-5+. The fourth-order valence-electron chi connectivity index (χ4n) is 2.28. The lowest BCUT2D eigenvalue weighted by atomic mass is 10.2. The smallest absolute Gasteiger partial charge is 0.331 e. The number of carbonyl (C=O) groups is 2. The number of fused-ring (bicyclic) bond motifs is 1. The predicted molar refractivity (Wildman–Crippen MR) is 98.2 cm³/mol. The monoisotopic (exact) mass is 373 g/mol. The van der Waals surface area contributed by atoms with Gasteiger partial charge in [-0.25, -0.2) is 4.79 Å². The van der Waals surface area contributed by atoms with Crippen LogP contribution >= 0.6 is 11.3 Å². The van der Waals surface area contributed by atoms with Gasteiger partial charge in [0, 0.05) is 17.4 Å². The lowest BCUT2D eigenvalue weighted by Crippen LogP contribution is -2.27. The number of amides is 1.